The highest BCUT2D eigenvalue weighted by atomic mass is 19.1. The first-order valence-electron chi connectivity index (χ1n) is 11.2. The molecular weight excluding hydrogens is 417 g/mol. The van der Waals surface area contributed by atoms with Gasteiger partial charge in [0.05, 0.1) is 23.5 Å². The van der Waals surface area contributed by atoms with Gasteiger partial charge in [0.2, 0.25) is 0 Å². The maximum atomic E-state index is 14.7. The van der Waals surface area contributed by atoms with Crippen LogP contribution in [0.3, 0.4) is 0 Å². The average Bonchev–Trinajstić information content (AvgIpc) is 2.83. The molecule has 0 radical (unpaired) electrons. The van der Waals surface area contributed by atoms with Crippen molar-refractivity contribution in [1.82, 2.24) is 0 Å². The van der Waals surface area contributed by atoms with Gasteiger partial charge in [-0.25, -0.2) is 9.18 Å². The lowest BCUT2D eigenvalue weighted by atomic mass is 10.0. The van der Waals surface area contributed by atoms with Crippen LogP contribution >= 0.6 is 0 Å². The van der Waals surface area contributed by atoms with Crippen molar-refractivity contribution < 1.29 is 13.9 Å². The summed E-state index contributed by atoms with van der Waals surface area (Å²) in [6, 6.07) is 19.1. The van der Waals surface area contributed by atoms with Gasteiger partial charge in [-0.1, -0.05) is 38.3 Å². The average molecular weight is 448 g/mol. The number of halogens is 1. The van der Waals surface area contributed by atoms with E-state index in [0.29, 0.717) is 34.7 Å². The first-order valence-corrected chi connectivity index (χ1v) is 11.2. The second-order valence-electron chi connectivity index (χ2n) is 8.05. The zero-order valence-electron chi connectivity index (χ0n) is 19.4. The second-order valence-corrected chi connectivity index (χ2v) is 8.05. The first kappa shape index (κ1) is 24.1. The van der Waals surface area contributed by atoms with Crippen molar-refractivity contribution in [2.24, 2.45) is 10.2 Å². The molecule has 0 N–H and O–H groups in total. The number of hydrogen-bond donors (Lipinski definition) is 0. The quantitative estimate of drug-likeness (QED) is 0.182. The van der Waals surface area contributed by atoms with Crippen molar-refractivity contribution in [3.8, 4) is 11.1 Å². The van der Waals surface area contributed by atoms with Gasteiger partial charge in [-0.3, -0.25) is 0 Å². The minimum absolute atomic E-state index is 0.354. The number of unbranched alkanes of at least 4 members (excludes halogenated alkanes) is 3. The molecule has 0 heterocycles. The zero-order chi connectivity index (χ0) is 23.6. The molecule has 172 valence electrons. The first-order chi connectivity index (χ1) is 16.0. The lowest BCUT2D eigenvalue weighted by Gasteiger charge is -2.11. The monoisotopic (exact) mass is 447 g/mol. The molecular formula is C27H30FN3O2. The van der Waals surface area contributed by atoms with Gasteiger partial charge in [-0.2, -0.15) is 10.2 Å². The SMILES string of the molecule is CCCCCCOC(=O)c1ccc(-c2ccc(/N=N/c3ccc(N(C)C)cc3)cc2F)cc1. The Hall–Kier alpha value is -3.54. The Labute approximate surface area is 194 Å². The Balaban J connectivity index is 1.62. The molecule has 3 aromatic rings. The van der Waals surface area contributed by atoms with E-state index in [1.165, 1.54) is 6.07 Å². The lowest BCUT2D eigenvalue weighted by molar-refractivity contribution is 0.0498. The minimum atomic E-state index is -0.402. The molecule has 0 saturated carbocycles. The van der Waals surface area contributed by atoms with Crippen LogP contribution in [0.2, 0.25) is 0 Å². The van der Waals surface area contributed by atoms with Crippen LogP contribution in [0.4, 0.5) is 21.5 Å². The van der Waals surface area contributed by atoms with Gasteiger partial charge in [-0.15, -0.1) is 0 Å². The van der Waals surface area contributed by atoms with Gasteiger partial charge in [0.15, 0.2) is 0 Å². The molecule has 0 unspecified atom stereocenters. The summed E-state index contributed by atoms with van der Waals surface area (Å²) >= 11 is 0. The molecule has 0 bridgehead atoms. The van der Waals surface area contributed by atoms with Crippen molar-refractivity contribution in [2.75, 3.05) is 25.6 Å². The maximum absolute atomic E-state index is 14.7. The summed E-state index contributed by atoms with van der Waals surface area (Å²) in [5.74, 6) is -0.756. The number of azo groups is 1. The fourth-order valence-electron chi connectivity index (χ4n) is 3.30. The Kier molecular flexibility index (Phi) is 8.70. The standard InChI is InChI=1S/C27H30FN3O2/c1-4-5-6-7-18-33-27(32)21-10-8-20(9-11-21)25-17-14-23(19-26(25)28)30-29-22-12-15-24(16-13-22)31(2)3/h8-17,19H,4-7,18H2,1-3H3/b30-29+. The van der Waals surface area contributed by atoms with Gasteiger partial charge in [0, 0.05) is 31.4 Å². The van der Waals surface area contributed by atoms with Crippen LogP contribution in [-0.2, 0) is 4.74 Å². The van der Waals surface area contributed by atoms with E-state index in [2.05, 4.69) is 17.2 Å². The summed E-state index contributed by atoms with van der Waals surface area (Å²) in [5.41, 5.74) is 3.75. The molecule has 0 amide bonds. The molecule has 33 heavy (non-hydrogen) atoms. The number of carbonyl (C=O) groups is 1. The third kappa shape index (κ3) is 6.97. The largest absolute Gasteiger partial charge is 0.462 e. The van der Waals surface area contributed by atoms with Crippen LogP contribution in [0.15, 0.2) is 77.0 Å². The molecule has 0 spiro atoms. The number of benzene rings is 3. The van der Waals surface area contributed by atoms with Crippen LogP contribution < -0.4 is 4.90 Å². The van der Waals surface area contributed by atoms with Gasteiger partial charge >= 0.3 is 5.97 Å². The van der Waals surface area contributed by atoms with E-state index < -0.39 is 5.82 Å². The lowest BCUT2D eigenvalue weighted by Crippen LogP contribution is -2.07. The zero-order valence-corrected chi connectivity index (χ0v) is 19.4. The smallest absolute Gasteiger partial charge is 0.338 e. The van der Waals surface area contributed by atoms with Gasteiger partial charge in [0.1, 0.15) is 5.82 Å². The molecule has 0 atom stereocenters. The number of nitrogens with zero attached hydrogens (tertiary/aromatic N) is 3. The Morgan fingerprint density at radius 3 is 2.18 bits per heavy atom. The van der Waals surface area contributed by atoms with Crippen LogP contribution in [-0.4, -0.2) is 26.7 Å². The maximum Gasteiger partial charge on any atom is 0.338 e. The predicted molar refractivity (Wildman–Crippen MR) is 131 cm³/mol. The summed E-state index contributed by atoms with van der Waals surface area (Å²) in [4.78, 5) is 14.2. The highest BCUT2D eigenvalue weighted by molar-refractivity contribution is 5.90. The summed E-state index contributed by atoms with van der Waals surface area (Å²) in [6.45, 7) is 2.56. The molecule has 0 aliphatic heterocycles. The fourth-order valence-corrected chi connectivity index (χ4v) is 3.30. The highest BCUT2D eigenvalue weighted by Gasteiger charge is 2.10. The number of hydrogen-bond acceptors (Lipinski definition) is 5. The van der Waals surface area contributed by atoms with Crippen molar-refractivity contribution in [1.29, 1.82) is 0 Å². The van der Waals surface area contributed by atoms with E-state index >= 15 is 0 Å². The van der Waals surface area contributed by atoms with Crippen LogP contribution in [0, 0.1) is 5.82 Å². The molecule has 3 aromatic carbocycles. The Morgan fingerprint density at radius 1 is 0.879 bits per heavy atom. The minimum Gasteiger partial charge on any atom is -0.462 e. The highest BCUT2D eigenvalue weighted by Crippen LogP contribution is 2.28. The van der Waals surface area contributed by atoms with E-state index in [1.807, 2.05) is 43.3 Å². The van der Waals surface area contributed by atoms with E-state index in [-0.39, 0.29) is 5.97 Å². The van der Waals surface area contributed by atoms with Crippen molar-refractivity contribution in [3.63, 3.8) is 0 Å². The molecule has 0 aliphatic rings. The molecule has 3 rings (SSSR count). The summed E-state index contributed by atoms with van der Waals surface area (Å²) in [7, 11) is 3.94. The topological polar surface area (TPSA) is 54.3 Å². The van der Waals surface area contributed by atoms with E-state index in [4.69, 9.17) is 4.74 Å². The number of esters is 1. The number of carbonyl (C=O) groups excluding carboxylic acids is 1. The van der Waals surface area contributed by atoms with Crippen molar-refractivity contribution in [3.05, 3.63) is 78.1 Å². The fraction of sp³-hybridized carbons (Fsp3) is 0.296. The summed E-state index contributed by atoms with van der Waals surface area (Å²) in [6.07, 6.45) is 4.21. The van der Waals surface area contributed by atoms with Crippen LogP contribution in [0.5, 0.6) is 0 Å². The van der Waals surface area contributed by atoms with E-state index in [1.54, 1.807) is 36.4 Å². The molecule has 6 heteroatoms. The number of ether oxygens (including phenoxy) is 1. The number of rotatable bonds is 10. The molecule has 0 aliphatic carbocycles. The molecule has 0 aromatic heterocycles. The predicted octanol–water partition coefficient (Wildman–Crippen LogP) is 7.71. The third-order valence-corrected chi connectivity index (χ3v) is 5.26. The Bertz CT molecular complexity index is 1080. The molecule has 5 nitrogen and oxygen atoms in total. The second kappa shape index (κ2) is 11.9. The van der Waals surface area contributed by atoms with Crippen LogP contribution in [0.1, 0.15) is 43.0 Å². The van der Waals surface area contributed by atoms with Crippen LogP contribution in [0.25, 0.3) is 11.1 Å². The van der Waals surface area contributed by atoms with Crippen molar-refractivity contribution in [2.45, 2.75) is 32.6 Å². The normalized spacial score (nSPS) is 11.0. The van der Waals surface area contributed by atoms with Gasteiger partial charge < -0.3 is 9.64 Å². The molecule has 0 saturated heterocycles. The van der Waals surface area contributed by atoms with Crippen molar-refractivity contribution >= 4 is 23.0 Å². The third-order valence-electron chi connectivity index (χ3n) is 5.26. The van der Waals surface area contributed by atoms with E-state index in [0.717, 1.165) is 31.4 Å². The van der Waals surface area contributed by atoms with E-state index in [9.17, 15) is 9.18 Å². The summed E-state index contributed by atoms with van der Waals surface area (Å²) in [5, 5.41) is 8.32. The van der Waals surface area contributed by atoms with Gasteiger partial charge in [-0.05, 0) is 60.5 Å². The number of anilines is 1. The Morgan fingerprint density at radius 2 is 1.55 bits per heavy atom. The summed E-state index contributed by atoms with van der Waals surface area (Å²) < 4.78 is 20.0. The molecule has 0 fully saturated rings. The van der Waals surface area contributed by atoms with Gasteiger partial charge in [0.25, 0.3) is 0 Å².